The summed E-state index contributed by atoms with van der Waals surface area (Å²) >= 11 is 6.05. The van der Waals surface area contributed by atoms with Crippen LogP contribution in [0.1, 0.15) is 6.92 Å². The van der Waals surface area contributed by atoms with Crippen molar-refractivity contribution >= 4 is 34.8 Å². The summed E-state index contributed by atoms with van der Waals surface area (Å²) in [5, 5.41) is 6.02. The Bertz CT molecular complexity index is 765. The van der Waals surface area contributed by atoms with E-state index in [2.05, 4.69) is 10.6 Å². The molecule has 2 aromatic rings. The second-order valence-electron chi connectivity index (χ2n) is 5.84. The molecule has 0 aliphatic rings. The second kappa shape index (κ2) is 9.22. The fourth-order valence-electron chi connectivity index (χ4n) is 2.24. The molecule has 2 amide bonds. The maximum Gasteiger partial charge on any atom is 0.241 e. The van der Waals surface area contributed by atoms with Crippen LogP contribution in [-0.4, -0.2) is 43.5 Å². The molecule has 0 aliphatic carbocycles. The molecular formula is C19H22ClN3O3. The summed E-state index contributed by atoms with van der Waals surface area (Å²) in [6.07, 6.45) is 0. The highest BCUT2D eigenvalue weighted by Crippen LogP contribution is 2.21. The van der Waals surface area contributed by atoms with Crippen molar-refractivity contribution in [2.45, 2.75) is 13.0 Å². The number of hydrogen-bond acceptors (Lipinski definition) is 4. The van der Waals surface area contributed by atoms with E-state index in [1.807, 2.05) is 0 Å². The minimum Gasteiger partial charge on any atom is -0.497 e. The second-order valence-corrected chi connectivity index (χ2v) is 6.24. The van der Waals surface area contributed by atoms with Gasteiger partial charge in [-0.05, 0) is 50.4 Å². The Morgan fingerprint density at radius 1 is 1.12 bits per heavy atom. The number of carbonyl (C=O) groups is 2. The van der Waals surface area contributed by atoms with Crippen LogP contribution in [0.4, 0.5) is 11.4 Å². The SMILES string of the molecule is COc1ccc(NC(=O)CN(C)C(C)C(=O)Nc2ccccc2Cl)cc1. The number of benzene rings is 2. The van der Waals surface area contributed by atoms with Crippen LogP contribution >= 0.6 is 11.6 Å². The first-order chi connectivity index (χ1) is 12.4. The molecule has 2 aromatic carbocycles. The average Bonchev–Trinajstić information content (AvgIpc) is 2.63. The fourth-order valence-corrected chi connectivity index (χ4v) is 2.42. The fraction of sp³-hybridized carbons (Fsp3) is 0.263. The van der Waals surface area contributed by atoms with Crippen molar-refractivity contribution in [3.05, 3.63) is 53.6 Å². The lowest BCUT2D eigenvalue weighted by molar-refractivity contribution is -0.122. The number of halogens is 1. The van der Waals surface area contributed by atoms with E-state index in [9.17, 15) is 9.59 Å². The molecule has 1 unspecified atom stereocenters. The van der Waals surface area contributed by atoms with Crippen LogP contribution < -0.4 is 15.4 Å². The third-order valence-electron chi connectivity index (χ3n) is 3.94. The van der Waals surface area contributed by atoms with Crippen molar-refractivity contribution in [3.8, 4) is 5.75 Å². The van der Waals surface area contributed by atoms with E-state index in [4.69, 9.17) is 16.3 Å². The number of hydrogen-bond donors (Lipinski definition) is 2. The minimum atomic E-state index is -0.507. The largest absolute Gasteiger partial charge is 0.497 e. The van der Waals surface area contributed by atoms with Gasteiger partial charge in [-0.3, -0.25) is 14.5 Å². The molecule has 0 radical (unpaired) electrons. The van der Waals surface area contributed by atoms with Gasteiger partial charge in [0.2, 0.25) is 11.8 Å². The van der Waals surface area contributed by atoms with Gasteiger partial charge >= 0.3 is 0 Å². The number of rotatable bonds is 7. The summed E-state index contributed by atoms with van der Waals surface area (Å²) in [4.78, 5) is 26.2. The van der Waals surface area contributed by atoms with Crippen molar-refractivity contribution in [1.82, 2.24) is 4.90 Å². The third-order valence-corrected chi connectivity index (χ3v) is 4.27. The van der Waals surface area contributed by atoms with Gasteiger partial charge in [-0.15, -0.1) is 0 Å². The van der Waals surface area contributed by atoms with Crippen LogP contribution in [0.25, 0.3) is 0 Å². The van der Waals surface area contributed by atoms with E-state index in [-0.39, 0.29) is 18.4 Å². The zero-order valence-electron chi connectivity index (χ0n) is 15.0. The summed E-state index contributed by atoms with van der Waals surface area (Å²) in [5.41, 5.74) is 1.21. The molecule has 0 spiro atoms. The Hall–Kier alpha value is -2.57. The first-order valence-electron chi connectivity index (χ1n) is 8.10. The molecule has 0 heterocycles. The number of nitrogens with one attached hydrogen (secondary N) is 2. The number of anilines is 2. The summed E-state index contributed by atoms with van der Waals surface area (Å²) < 4.78 is 5.08. The van der Waals surface area contributed by atoms with Crippen LogP contribution in [0, 0.1) is 0 Å². The quantitative estimate of drug-likeness (QED) is 0.779. The Morgan fingerprint density at radius 2 is 1.77 bits per heavy atom. The summed E-state index contributed by atoms with van der Waals surface area (Å²) in [5.74, 6) is 0.262. The first-order valence-corrected chi connectivity index (χ1v) is 8.48. The molecular weight excluding hydrogens is 354 g/mol. The standard InChI is InChI=1S/C19H22ClN3O3/c1-13(19(25)22-17-7-5-4-6-16(17)20)23(2)12-18(24)21-14-8-10-15(26-3)11-9-14/h4-11,13H,12H2,1-3H3,(H,21,24)(H,22,25). The summed E-state index contributed by atoms with van der Waals surface area (Å²) in [6.45, 7) is 1.80. The van der Waals surface area contributed by atoms with Gasteiger partial charge in [0.15, 0.2) is 0 Å². The van der Waals surface area contributed by atoms with Gasteiger partial charge in [0, 0.05) is 5.69 Å². The van der Waals surface area contributed by atoms with Crippen LogP contribution in [0.5, 0.6) is 5.75 Å². The van der Waals surface area contributed by atoms with E-state index in [0.29, 0.717) is 22.1 Å². The van der Waals surface area contributed by atoms with Crippen LogP contribution in [0.15, 0.2) is 48.5 Å². The highest BCUT2D eigenvalue weighted by atomic mass is 35.5. The molecule has 0 aromatic heterocycles. The average molecular weight is 376 g/mol. The lowest BCUT2D eigenvalue weighted by atomic mass is 10.2. The lowest BCUT2D eigenvalue weighted by Gasteiger charge is -2.23. The Balaban J connectivity index is 1.88. The Kier molecular flexibility index (Phi) is 7.00. The van der Waals surface area contributed by atoms with Crippen molar-refractivity contribution in [2.24, 2.45) is 0 Å². The predicted molar refractivity (Wildman–Crippen MR) is 104 cm³/mol. The molecule has 2 rings (SSSR count). The molecule has 0 fully saturated rings. The Labute approximate surface area is 158 Å². The maximum absolute atomic E-state index is 12.4. The molecule has 26 heavy (non-hydrogen) atoms. The molecule has 2 N–H and O–H groups in total. The zero-order valence-corrected chi connectivity index (χ0v) is 15.7. The number of nitrogens with zero attached hydrogens (tertiary/aromatic N) is 1. The number of carbonyl (C=O) groups excluding carboxylic acids is 2. The third kappa shape index (κ3) is 5.47. The smallest absolute Gasteiger partial charge is 0.241 e. The van der Waals surface area contributed by atoms with Gasteiger partial charge in [0.1, 0.15) is 5.75 Å². The molecule has 1 atom stereocenters. The monoisotopic (exact) mass is 375 g/mol. The highest BCUT2D eigenvalue weighted by Gasteiger charge is 2.20. The summed E-state index contributed by atoms with van der Waals surface area (Å²) in [7, 11) is 3.29. The van der Waals surface area contributed by atoms with Crippen molar-refractivity contribution < 1.29 is 14.3 Å². The van der Waals surface area contributed by atoms with Crippen LogP contribution in [0.3, 0.4) is 0 Å². The minimum absolute atomic E-state index is 0.0726. The zero-order chi connectivity index (χ0) is 19.1. The van der Waals surface area contributed by atoms with Gasteiger partial charge in [-0.1, -0.05) is 23.7 Å². The van der Waals surface area contributed by atoms with Crippen molar-refractivity contribution in [1.29, 1.82) is 0 Å². The molecule has 0 bridgehead atoms. The van der Waals surface area contributed by atoms with Gasteiger partial charge in [-0.2, -0.15) is 0 Å². The van der Waals surface area contributed by atoms with E-state index in [1.165, 1.54) is 0 Å². The highest BCUT2D eigenvalue weighted by molar-refractivity contribution is 6.33. The van der Waals surface area contributed by atoms with Crippen molar-refractivity contribution in [2.75, 3.05) is 31.3 Å². The van der Waals surface area contributed by atoms with E-state index < -0.39 is 6.04 Å². The van der Waals surface area contributed by atoms with E-state index >= 15 is 0 Å². The van der Waals surface area contributed by atoms with Gasteiger partial charge in [0.05, 0.1) is 30.4 Å². The molecule has 0 saturated carbocycles. The number of likely N-dealkylation sites (N-methyl/N-ethyl adjacent to an activating group) is 1. The molecule has 138 valence electrons. The number of para-hydroxylation sites is 1. The van der Waals surface area contributed by atoms with Crippen LogP contribution in [0.2, 0.25) is 5.02 Å². The van der Waals surface area contributed by atoms with E-state index in [0.717, 1.165) is 0 Å². The first kappa shape index (κ1) is 19.8. The normalized spacial score (nSPS) is 11.7. The maximum atomic E-state index is 12.4. The van der Waals surface area contributed by atoms with Crippen molar-refractivity contribution in [3.63, 3.8) is 0 Å². The van der Waals surface area contributed by atoms with Crippen LogP contribution in [-0.2, 0) is 9.59 Å². The van der Waals surface area contributed by atoms with Gasteiger partial charge in [-0.25, -0.2) is 0 Å². The molecule has 7 heteroatoms. The topological polar surface area (TPSA) is 70.7 Å². The van der Waals surface area contributed by atoms with E-state index in [1.54, 1.807) is 74.5 Å². The van der Waals surface area contributed by atoms with Gasteiger partial charge < -0.3 is 15.4 Å². The number of ether oxygens (including phenoxy) is 1. The van der Waals surface area contributed by atoms with Gasteiger partial charge in [0.25, 0.3) is 0 Å². The molecule has 0 saturated heterocycles. The number of methoxy groups -OCH3 is 1. The number of amides is 2. The summed E-state index contributed by atoms with van der Waals surface area (Å²) in [6, 6.07) is 13.5. The molecule has 0 aliphatic heterocycles. The lowest BCUT2D eigenvalue weighted by Crippen LogP contribution is -2.43. The predicted octanol–water partition coefficient (Wildman–Crippen LogP) is 3.25. The molecule has 6 nitrogen and oxygen atoms in total. The Morgan fingerprint density at radius 3 is 2.38 bits per heavy atom.